The molecular weight excluding hydrogens is 367 g/mol. The first kappa shape index (κ1) is 25.4. The molecule has 0 saturated carbocycles. The number of hydrogen-bond acceptors (Lipinski definition) is 2. The maximum absolute atomic E-state index is 12.5. The van der Waals surface area contributed by atoms with Crippen LogP contribution in [0.5, 0.6) is 0 Å². The number of unbranched alkanes of at least 4 members (excludes halogenated alkanes) is 10. The van der Waals surface area contributed by atoms with Gasteiger partial charge in [0.05, 0.1) is 11.9 Å². The highest BCUT2D eigenvalue weighted by atomic mass is 31.2. The van der Waals surface area contributed by atoms with Gasteiger partial charge in [0.2, 0.25) is 0 Å². The third-order valence-electron chi connectivity index (χ3n) is 5.50. The molecule has 0 saturated heterocycles. The van der Waals surface area contributed by atoms with Crippen LogP contribution in [0.3, 0.4) is 0 Å². The van der Waals surface area contributed by atoms with Crippen LogP contribution in [0.1, 0.15) is 104 Å². The van der Waals surface area contributed by atoms with Crippen molar-refractivity contribution < 1.29 is 14.0 Å². The van der Waals surface area contributed by atoms with Gasteiger partial charge in [-0.05, 0) is 30.9 Å². The van der Waals surface area contributed by atoms with Crippen LogP contribution >= 0.6 is 7.60 Å². The van der Waals surface area contributed by atoms with Gasteiger partial charge in [-0.1, -0.05) is 109 Å². The Kier molecular flexibility index (Phi) is 14.7. The summed E-state index contributed by atoms with van der Waals surface area (Å²) in [6.07, 6.45) is 17.7. The lowest BCUT2D eigenvalue weighted by molar-refractivity contribution is 0.203. The average molecular weight is 411 g/mol. The van der Waals surface area contributed by atoms with Crippen molar-refractivity contribution in [1.29, 1.82) is 0 Å². The Morgan fingerprint density at radius 3 is 1.79 bits per heavy atom. The van der Waals surface area contributed by atoms with E-state index in [2.05, 4.69) is 13.8 Å². The normalized spacial score (nSPS) is 14.7. The first-order chi connectivity index (χ1) is 13.6. The molecule has 2 unspecified atom stereocenters. The van der Waals surface area contributed by atoms with Crippen molar-refractivity contribution in [3.05, 3.63) is 30.3 Å². The Labute approximate surface area is 173 Å². The van der Waals surface area contributed by atoms with E-state index < -0.39 is 7.60 Å². The lowest BCUT2D eigenvalue weighted by Gasteiger charge is -2.20. The molecule has 0 radical (unpaired) electrons. The summed E-state index contributed by atoms with van der Waals surface area (Å²) >= 11 is 0. The van der Waals surface area contributed by atoms with E-state index in [0.717, 1.165) is 12.8 Å². The molecule has 0 fully saturated rings. The van der Waals surface area contributed by atoms with Gasteiger partial charge in [0.15, 0.2) is 0 Å². The molecule has 0 amide bonds. The standard InChI is InChI=1S/C24H43O3P/c1-3-5-7-9-10-11-12-15-19-23(18-14-8-6-4-2)22-27-28(25,26)24-20-16-13-17-21-24/h13,16-17,20-21,23H,3-12,14-15,18-19,22H2,1-2H3,(H,25,26). The Hall–Kier alpha value is -0.630. The summed E-state index contributed by atoms with van der Waals surface area (Å²) in [5, 5.41) is 0.395. The fourth-order valence-electron chi connectivity index (χ4n) is 3.64. The second kappa shape index (κ2) is 16.2. The van der Waals surface area contributed by atoms with Crippen molar-refractivity contribution in [1.82, 2.24) is 0 Å². The SMILES string of the molecule is CCCCCCCCCCC(CCCCCC)COP(=O)(O)c1ccccc1. The van der Waals surface area contributed by atoms with Crippen LogP contribution in [-0.2, 0) is 9.09 Å². The van der Waals surface area contributed by atoms with Crippen molar-refractivity contribution in [2.45, 2.75) is 104 Å². The van der Waals surface area contributed by atoms with Gasteiger partial charge >= 0.3 is 7.60 Å². The van der Waals surface area contributed by atoms with Gasteiger partial charge in [-0.3, -0.25) is 4.57 Å². The highest BCUT2D eigenvalue weighted by Gasteiger charge is 2.24. The molecule has 28 heavy (non-hydrogen) atoms. The van der Waals surface area contributed by atoms with E-state index in [1.54, 1.807) is 24.3 Å². The second-order valence-corrected chi connectivity index (χ2v) is 9.95. The van der Waals surface area contributed by atoms with Crippen molar-refractivity contribution in [3.8, 4) is 0 Å². The summed E-state index contributed by atoms with van der Waals surface area (Å²) in [5.41, 5.74) is 0. The third-order valence-corrected chi connectivity index (χ3v) is 6.95. The summed E-state index contributed by atoms with van der Waals surface area (Å²) in [7, 11) is -3.70. The predicted molar refractivity (Wildman–Crippen MR) is 121 cm³/mol. The predicted octanol–water partition coefficient (Wildman–Crippen LogP) is 7.63. The van der Waals surface area contributed by atoms with Gasteiger partial charge in [0.1, 0.15) is 0 Å². The van der Waals surface area contributed by atoms with Crippen LogP contribution in [0, 0.1) is 5.92 Å². The largest absolute Gasteiger partial charge is 0.358 e. The molecular formula is C24H43O3P. The van der Waals surface area contributed by atoms with Crippen LogP contribution in [0.4, 0.5) is 0 Å². The van der Waals surface area contributed by atoms with Crippen LogP contribution in [0.25, 0.3) is 0 Å². The average Bonchev–Trinajstić information content (AvgIpc) is 2.71. The number of benzene rings is 1. The molecule has 1 rings (SSSR count). The first-order valence-corrected chi connectivity index (χ1v) is 13.2. The summed E-state index contributed by atoms with van der Waals surface area (Å²) in [6, 6.07) is 8.77. The van der Waals surface area contributed by atoms with E-state index >= 15 is 0 Å². The molecule has 0 spiro atoms. The molecule has 2 atom stereocenters. The van der Waals surface area contributed by atoms with Crippen LogP contribution in [0.15, 0.2) is 30.3 Å². The lowest BCUT2D eigenvalue weighted by atomic mass is 9.95. The van der Waals surface area contributed by atoms with Crippen molar-refractivity contribution >= 4 is 12.9 Å². The smallest absolute Gasteiger partial charge is 0.321 e. The van der Waals surface area contributed by atoms with Gasteiger partial charge < -0.3 is 9.42 Å². The molecule has 0 bridgehead atoms. The van der Waals surface area contributed by atoms with Gasteiger partial charge in [-0.2, -0.15) is 0 Å². The first-order valence-electron chi connectivity index (χ1n) is 11.6. The third kappa shape index (κ3) is 12.0. The fraction of sp³-hybridized carbons (Fsp3) is 0.750. The molecule has 1 aromatic rings. The molecule has 3 nitrogen and oxygen atoms in total. The van der Waals surface area contributed by atoms with Gasteiger partial charge in [0.25, 0.3) is 0 Å². The summed E-state index contributed by atoms with van der Waals surface area (Å²) in [5.74, 6) is 0.390. The van der Waals surface area contributed by atoms with E-state index in [4.69, 9.17) is 4.52 Å². The topological polar surface area (TPSA) is 46.5 Å². The van der Waals surface area contributed by atoms with Gasteiger partial charge in [-0.15, -0.1) is 0 Å². The van der Waals surface area contributed by atoms with E-state index in [0.29, 0.717) is 17.8 Å². The Morgan fingerprint density at radius 1 is 0.786 bits per heavy atom. The number of rotatable bonds is 18. The summed E-state index contributed by atoms with van der Waals surface area (Å²) in [6.45, 7) is 4.88. The molecule has 0 aliphatic rings. The molecule has 0 aliphatic heterocycles. The van der Waals surface area contributed by atoms with Gasteiger partial charge in [0, 0.05) is 0 Å². The maximum atomic E-state index is 12.5. The highest BCUT2D eigenvalue weighted by Crippen LogP contribution is 2.41. The zero-order valence-electron chi connectivity index (χ0n) is 18.3. The molecule has 0 heterocycles. The molecule has 0 aromatic heterocycles. The fourth-order valence-corrected chi connectivity index (χ4v) is 4.75. The van der Waals surface area contributed by atoms with E-state index in [9.17, 15) is 9.46 Å². The van der Waals surface area contributed by atoms with Gasteiger partial charge in [-0.25, -0.2) is 0 Å². The Bertz CT molecular complexity index is 518. The minimum atomic E-state index is -3.70. The molecule has 1 N–H and O–H groups in total. The zero-order valence-corrected chi connectivity index (χ0v) is 19.2. The van der Waals surface area contributed by atoms with Crippen molar-refractivity contribution in [2.24, 2.45) is 5.92 Å². The Balaban J connectivity index is 2.36. The van der Waals surface area contributed by atoms with Crippen LogP contribution in [-0.4, -0.2) is 11.5 Å². The lowest BCUT2D eigenvalue weighted by Crippen LogP contribution is -2.13. The molecule has 162 valence electrons. The number of hydrogen-bond donors (Lipinski definition) is 1. The van der Waals surface area contributed by atoms with Crippen LogP contribution < -0.4 is 5.30 Å². The molecule has 0 aliphatic carbocycles. The minimum absolute atomic E-state index is 0.390. The summed E-state index contributed by atoms with van der Waals surface area (Å²) in [4.78, 5) is 10.3. The minimum Gasteiger partial charge on any atom is -0.321 e. The van der Waals surface area contributed by atoms with Crippen molar-refractivity contribution in [2.75, 3.05) is 6.61 Å². The maximum Gasteiger partial charge on any atom is 0.358 e. The summed E-state index contributed by atoms with van der Waals surface area (Å²) < 4.78 is 18.1. The van der Waals surface area contributed by atoms with Crippen LogP contribution in [0.2, 0.25) is 0 Å². The Morgan fingerprint density at radius 2 is 1.25 bits per heavy atom. The molecule has 4 heteroatoms. The zero-order chi connectivity index (χ0) is 20.5. The van der Waals surface area contributed by atoms with Crippen molar-refractivity contribution in [3.63, 3.8) is 0 Å². The highest BCUT2D eigenvalue weighted by molar-refractivity contribution is 7.61. The van der Waals surface area contributed by atoms with E-state index in [1.165, 1.54) is 77.0 Å². The molecule has 1 aromatic carbocycles. The quantitative estimate of drug-likeness (QED) is 0.200. The monoisotopic (exact) mass is 410 g/mol. The van der Waals surface area contributed by atoms with E-state index in [-0.39, 0.29) is 0 Å². The van der Waals surface area contributed by atoms with E-state index in [1.807, 2.05) is 6.07 Å². The second-order valence-electron chi connectivity index (χ2n) is 8.13.